The summed E-state index contributed by atoms with van der Waals surface area (Å²) in [6.45, 7) is 1.97. The van der Waals surface area contributed by atoms with Crippen LogP contribution in [0.1, 0.15) is 23.4 Å². The number of pyridine rings is 1. The summed E-state index contributed by atoms with van der Waals surface area (Å²) in [5.74, 6) is 0. The summed E-state index contributed by atoms with van der Waals surface area (Å²) in [6.07, 6.45) is -2.57. The topological polar surface area (TPSA) is 38.9 Å². The number of rotatable bonds is 2. The largest absolute Gasteiger partial charge is 0.325 e. The molecule has 0 aliphatic heterocycles. The number of aromatic nitrogens is 1. The first-order valence-corrected chi connectivity index (χ1v) is 4.49. The Bertz CT molecular complexity index is 315. The van der Waals surface area contributed by atoms with Crippen LogP contribution in [0.4, 0.5) is 8.78 Å². The first-order valence-electron chi connectivity index (χ1n) is 3.70. The molecule has 0 atom stereocenters. The molecule has 72 valence electrons. The van der Waals surface area contributed by atoms with Gasteiger partial charge in [0.25, 0.3) is 6.43 Å². The molecule has 1 aromatic heterocycles. The van der Waals surface area contributed by atoms with E-state index in [1.165, 1.54) is 0 Å². The van der Waals surface area contributed by atoms with Crippen molar-refractivity contribution in [3.05, 3.63) is 27.5 Å². The molecule has 0 aliphatic carbocycles. The fraction of sp³-hybridized carbons (Fsp3) is 0.375. The zero-order valence-corrected chi connectivity index (χ0v) is 8.61. The molecule has 0 aromatic carbocycles. The van der Waals surface area contributed by atoms with E-state index < -0.39 is 6.43 Å². The lowest BCUT2D eigenvalue weighted by Gasteiger charge is -2.07. The predicted molar refractivity (Wildman–Crippen MR) is 49.5 cm³/mol. The standard InChI is InChI=1S/C8H9BrF2N2/c1-4-2-5(9)7(8(10)11)13-6(4)3-12/h2,8H,3,12H2,1H3. The van der Waals surface area contributed by atoms with E-state index in [2.05, 4.69) is 20.9 Å². The van der Waals surface area contributed by atoms with Crippen molar-refractivity contribution in [3.8, 4) is 0 Å². The van der Waals surface area contributed by atoms with Gasteiger partial charge in [-0.3, -0.25) is 0 Å². The molecule has 0 spiro atoms. The summed E-state index contributed by atoms with van der Waals surface area (Å²) in [5.41, 5.74) is 6.43. The number of nitrogens with two attached hydrogens (primary N) is 1. The second-order valence-electron chi connectivity index (χ2n) is 2.62. The third-order valence-corrected chi connectivity index (χ3v) is 2.33. The molecule has 1 aromatic rings. The number of halogens is 3. The van der Waals surface area contributed by atoms with E-state index in [1.807, 2.05) is 0 Å². The highest BCUT2D eigenvalue weighted by Crippen LogP contribution is 2.26. The number of nitrogens with zero attached hydrogens (tertiary/aromatic N) is 1. The molecule has 0 amide bonds. The van der Waals surface area contributed by atoms with Gasteiger partial charge in [-0.2, -0.15) is 0 Å². The Morgan fingerprint density at radius 1 is 1.62 bits per heavy atom. The lowest BCUT2D eigenvalue weighted by Crippen LogP contribution is -2.05. The quantitative estimate of drug-likeness (QED) is 0.877. The Morgan fingerprint density at radius 2 is 2.23 bits per heavy atom. The summed E-state index contributed by atoms with van der Waals surface area (Å²) in [4.78, 5) is 3.77. The summed E-state index contributed by atoms with van der Waals surface area (Å²) in [6, 6.07) is 1.61. The summed E-state index contributed by atoms with van der Waals surface area (Å²) in [7, 11) is 0. The molecule has 0 radical (unpaired) electrons. The van der Waals surface area contributed by atoms with Crippen LogP contribution in [0.2, 0.25) is 0 Å². The van der Waals surface area contributed by atoms with Crippen LogP contribution in [-0.4, -0.2) is 4.98 Å². The van der Waals surface area contributed by atoms with Crippen LogP contribution in [-0.2, 0) is 6.54 Å². The molecule has 0 fully saturated rings. The van der Waals surface area contributed by atoms with Crippen molar-refractivity contribution in [1.29, 1.82) is 0 Å². The Kier molecular flexibility index (Phi) is 3.33. The van der Waals surface area contributed by atoms with Crippen molar-refractivity contribution in [3.63, 3.8) is 0 Å². The normalized spacial score (nSPS) is 10.9. The van der Waals surface area contributed by atoms with Gasteiger partial charge in [0, 0.05) is 11.0 Å². The molecule has 2 nitrogen and oxygen atoms in total. The first kappa shape index (κ1) is 10.5. The van der Waals surface area contributed by atoms with E-state index in [9.17, 15) is 8.78 Å². The molecule has 1 rings (SSSR count). The van der Waals surface area contributed by atoms with E-state index in [-0.39, 0.29) is 12.2 Å². The van der Waals surface area contributed by atoms with Gasteiger partial charge in [-0.25, -0.2) is 13.8 Å². The average Bonchev–Trinajstić information content (AvgIpc) is 2.03. The second kappa shape index (κ2) is 4.11. The molecule has 0 bridgehead atoms. The van der Waals surface area contributed by atoms with Crippen LogP contribution in [0.15, 0.2) is 10.5 Å². The molecule has 13 heavy (non-hydrogen) atoms. The van der Waals surface area contributed by atoms with Crippen molar-refractivity contribution in [2.24, 2.45) is 5.73 Å². The zero-order chi connectivity index (χ0) is 10.0. The number of alkyl halides is 2. The molecule has 5 heteroatoms. The summed E-state index contributed by atoms with van der Waals surface area (Å²) in [5, 5.41) is 0. The van der Waals surface area contributed by atoms with E-state index in [1.54, 1.807) is 13.0 Å². The van der Waals surface area contributed by atoms with Gasteiger partial charge in [0.15, 0.2) is 0 Å². The summed E-state index contributed by atoms with van der Waals surface area (Å²) >= 11 is 3.03. The number of hydrogen-bond donors (Lipinski definition) is 1. The lowest BCUT2D eigenvalue weighted by atomic mass is 10.2. The van der Waals surface area contributed by atoms with Crippen LogP contribution in [0.3, 0.4) is 0 Å². The minimum atomic E-state index is -2.57. The highest BCUT2D eigenvalue weighted by molar-refractivity contribution is 9.10. The number of hydrogen-bond acceptors (Lipinski definition) is 2. The van der Waals surface area contributed by atoms with Gasteiger partial charge in [0.05, 0.1) is 5.69 Å². The van der Waals surface area contributed by atoms with Crippen molar-refractivity contribution >= 4 is 15.9 Å². The Balaban J connectivity index is 3.22. The Morgan fingerprint density at radius 3 is 2.69 bits per heavy atom. The zero-order valence-electron chi connectivity index (χ0n) is 7.02. The van der Waals surface area contributed by atoms with Crippen molar-refractivity contribution in [2.75, 3.05) is 0 Å². The number of aryl methyl sites for hydroxylation is 1. The predicted octanol–water partition coefficient (Wildman–Crippen LogP) is 2.55. The monoisotopic (exact) mass is 250 g/mol. The maximum Gasteiger partial charge on any atom is 0.281 e. The van der Waals surface area contributed by atoms with Crippen LogP contribution in [0, 0.1) is 6.92 Å². The lowest BCUT2D eigenvalue weighted by molar-refractivity contribution is 0.145. The maximum atomic E-state index is 12.3. The van der Waals surface area contributed by atoms with Gasteiger partial charge >= 0.3 is 0 Å². The van der Waals surface area contributed by atoms with Crippen LogP contribution < -0.4 is 5.73 Å². The Hall–Kier alpha value is -0.550. The molecule has 1 heterocycles. The maximum absolute atomic E-state index is 12.3. The highest BCUT2D eigenvalue weighted by atomic mass is 79.9. The average molecular weight is 251 g/mol. The van der Waals surface area contributed by atoms with Gasteiger partial charge in [-0.15, -0.1) is 0 Å². The molecular formula is C8H9BrF2N2. The van der Waals surface area contributed by atoms with Gasteiger partial charge in [0.1, 0.15) is 5.69 Å². The second-order valence-corrected chi connectivity index (χ2v) is 3.48. The third-order valence-electron chi connectivity index (χ3n) is 1.70. The van der Waals surface area contributed by atoms with Gasteiger partial charge in [-0.05, 0) is 34.5 Å². The van der Waals surface area contributed by atoms with Gasteiger partial charge < -0.3 is 5.73 Å². The van der Waals surface area contributed by atoms with Crippen molar-refractivity contribution in [2.45, 2.75) is 19.9 Å². The SMILES string of the molecule is Cc1cc(Br)c(C(F)F)nc1CN. The smallest absolute Gasteiger partial charge is 0.281 e. The third kappa shape index (κ3) is 2.22. The Labute approximate surface area is 83.3 Å². The minimum Gasteiger partial charge on any atom is -0.325 e. The molecule has 0 unspecified atom stereocenters. The first-order chi connectivity index (χ1) is 6.06. The van der Waals surface area contributed by atoms with Gasteiger partial charge in [-0.1, -0.05) is 0 Å². The summed E-state index contributed by atoms with van der Waals surface area (Å²) < 4.78 is 25.0. The molecular weight excluding hydrogens is 242 g/mol. The van der Waals surface area contributed by atoms with Crippen LogP contribution >= 0.6 is 15.9 Å². The minimum absolute atomic E-state index is 0.179. The fourth-order valence-electron chi connectivity index (χ4n) is 0.994. The van der Waals surface area contributed by atoms with E-state index in [4.69, 9.17) is 5.73 Å². The van der Waals surface area contributed by atoms with Gasteiger partial charge in [0.2, 0.25) is 0 Å². The van der Waals surface area contributed by atoms with Crippen LogP contribution in [0.25, 0.3) is 0 Å². The van der Waals surface area contributed by atoms with E-state index in [0.717, 1.165) is 5.56 Å². The molecule has 0 saturated carbocycles. The molecule has 0 saturated heterocycles. The van der Waals surface area contributed by atoms with E-state index >= 15 is 0 Å². The highest BCUT2D eigenvalue weighted by Gasteiger charge is 2.15. The van der Waals surface area contributed by atoms with Crippen molar-refractivity contribution in [1.82, 2.24) is 4.98 Å². The van der Waals surface area contributed by atoms with E-state index in [0.29, 0.717) is 10.2 Å². The molecule has 0 aliphatic rings. The van der Waals surface area contributed by atoms with Crippen LogP contribution in [0.5, 0.6) is 0 Å². The van der Waals surface area contributed by atoms with Crippen molar-refractivity contribution < 1.29 is 8.78 Å². The molecule has 2 N–H and O–H groups in total. The fourth-order valence-corrected chi connectivity index (χ4v) is 1.60.